The lowest BCUT2D eigenvalue weighted by molar-refractivity contribution is 0.540. The monoisotopic (exact) mass is 216 g/mol. The van der Waals surface area contributed by atoms with Crippen LogP contribution in [0.2, 0.25) is 0 Å². The van der Waals surface area contributed by atoms with Crippen LogP contribution in [0.1, 0.15) is 28.9 Å². The average Bonchev–Trinajstić information content (AvgIpc) is 1.99. The topological polar surface area (TPSA) is 34.1 Å². The van der Waals surface area contributed by atoms with E-state index in [4.69, 9.17) is 0 Å². The molecule has 0 saturated carbocycles. The van der Waals surface area contributed by atoms with Gasteiger partial charge in [-0.15, -0.1) is 3.89 Å². The quantitative estimate of drug-likeness (QED) is 0.712. The van der Waals surface area contributed by atoms with E-state index in [9.17, 15) is 12.3 Å². The normalized spacial score (nSPS) is 14.0. The number of halogens is 1. The summed E-state index contributed by atoms with van der Waals surface area (Å²) >= 11 is 0. The van der Waals surface area contributed by atoms with Crippen LogP contribution in [0.25, 0.3) is 0 Å². The molecule has 0 aliphatic carbocycles. The van der Waals surface area contributed by atoms with Gasteiger partial charge in [-0.2, -0.15) is 8.42 Å². The van der Waals surface area contributed by atoms with Gasteiger partial charge in [0.25, 0.3) is 0 Å². The lowest BCUT2D eigenvalue weighted by Gasteiger charge is -2.09. The van der Waals surface area contributed by atoms with Gasteiger partial charge in [0, 0.05) is 0 Å². The Kier molecular flexibility index (Phi) is 2.95. The van der Waals surface area contributed by atoms with Crippen molar-refractivity contribution in [1.29, 1.82) is 0 Å². The van der Waals surface area contributed by atoms with E-state index in [-0.39, 0.29) is 0 Å². The number of benzene rings is 1. The summed E-state index contributed by atoms with van der Waals surface area (Å²) in [6.45, 7) is 5.06. The van der Waals surface area contributed by atoms with E-state index < -0.39 is 15.5 Å². The van der Waals surface area contributed by atoms with Crippen LogP contribution in [0.15, 0.2) is 18.2 Å². The smallest absolute Gasteiger partial charge is 0.194 e. The van der Waals surface area contributed by atoms with Crippen LogP contribution >= 0.6 is 0 Å². The first-order chi connectivity index (χ1) is 6.30. The molecule has 0 heterocycles. The highest BCUT2D eigenvalue weighted by Crippen LogP contribution is 2.24. The molecule has 1 unspecified atom stereocenters. The fraction of sp³-hybridized carbons (Fsp3) is 0.400. The highest BCUT2D eigenvalue weighted by molar-refractivity contribution is 7.86. The van der Waals surface area contributed by atoms with Crippen molar-refractivity contribution in [1.82, 2.24) is 0 Å². The predicted octanol–water partition coefficient (Wildman–Crippen LogP) is 2.66. The van der Waals surface area contributed by atoms with E-state index in [1.54, 1.807) is 12.1 Å². The summed E-state index contributed by atoms with van der Waals surface area (Å²) in [5, 5.41) is -1.08. The van der Waals surface area contributed by atoms with Crippen LogP contribution in [-0.2, 0) is 10.2 Å². The van der Waals surface area contributed by atoms with Gasteiger partial charge in [-0.1, -0.05) is 29.3 Å². The second-order valence-corrected chi connectivity index (χ2v) is 5.20. The summed E-state index contributed by atoms with van der Waals surface area (Å²) in [5.74, 6) is 0. The first-order valence-electron chi connectivity index (χ1n) is 4.32. The molecular formula is C10H13FO2S. The number of rotatable bonds is 2. The van der Waals surface area contributed by atoms with E-state index in [0.717, 1.165) is 11.1 Å². The van der Waals surface area contributed by atoms with E-state index >= 15 is 0 Å². The third kappa shape index (κ3) is 2.54. The number of hydrogen-bond donors (Lipinski definition) is 0. The largest absolute Gasteiger partial charge is 0.309 e. The van der Waals surface area contributed by atoms with E-state index in [1.807, 2.05) is 19.9 Å². The highest BCUT2D eigenvalue weighted by atomic mass is 32.3. The van der Waals surface area contributed by atoms with Crippen LogP contribution in [-0.4, -0.2) is 8.42 Å². The Hall–Kier alpha value is -0.900. The van der Waals surface area contributed by atoms with Crippen molar-refractivity contribution in [2.45, 2.75) is 26.0 Å². The fourth-order valence-corrected chi connectivity index (χ4v) is 1.87. The van der Waals surface area contributed by atoms with Crippen LogP contribution in [0.3, 0.4) is 0 Å². The zero-order chi connectivity index (χ0) is 10.9. The Morgan fingerprint density at radius 3 is 1.93 bits per heavy atom. The van der Waals surface area contributed by atoms with Crippen molar-refractivity contribution in [3.63, 3.8) is 0 Å². The number of hydrogen-bond acceptors (Lipinski definition) is 2. The van der Waals surface area contributed by atoms with E-state index in [1.165, 1.54) is 6.92 Å². The van der Waals surface area contributed by atoms with Gasteiger partial charge in [-0.05, 0) is 26.3 Å². The van der Waals surface area contributed by atoms with Crippen LogP contribution in [0, 0.1) is 13.8 Å². The van der Waals surface area contributed by atoms with E-state index in [0.29, 0.717) is 5.56 Å². The lowest BCUT2D eigenvalue weighted by atomic mass is 10.1. The molecular weight excluding hydrogens is 203 g/mol. The Morgan fingerprint density at radius 1 is 1.14 bits per heavy atom. The SMILES string of the molecule is Cc1cc(C)cc(C(C)S(=O)(=O)F)c1. The molecule has 1 rings (SSSR count). The van der Waals surface area contributed by atoms with Crippen molar-refractivity contribution < 1.29 is 12.3 Å². The van der Waals surface area contributed by atoms with Crippen molar-refractivity contribution in [3.05, 3.63) is 34.9 Å². The first kappa shape index (κ1) is 11.2. The summed E-state index contributed by atoms with van der Waals surface area (Å²) in [5.41, 5.74) is 2.39. The zero-order valence-electron chi connectivity index (χ0n) is 8.41. The minimum atomic E-state index is -4.49. The summed E-state index contributed by atoms with van der Waals surface area (Å²) in [4.78, 5) is 0. The van der Waals surface area contributed by atoms with Crippen LogP contribution in [0.5, 0.6) is 0 Å². The molecule has 2 nitrogen and oxygen atoms in total. The van der Waals surface area contributed by atoms with Gasteiger partial charge in [0.1, 0.15) is 5.25 Å². The Morgan fingerprint density at radius 2 is 1.57 bits per heavy atom. The molecule has 78 valence electrons. The standard InChI is InChI=1S/C10H13FO2S/c1-7-4-8(2)6-10(5-7)9(3)14(11,12)13/h4-6,9H,1-3H3. The Balaban J connectivity index is 3.20. The molecule has 0 N–H and O–H groups in total. The molecule has 4 heteroatoms. The third-order valence-electron chi connectivity index (χ3n) is 2.14. The van der Waals surface area contributed by atoms with Gasteiger partial charge in [0.2, 0.25) is 0 Å². The molecule has 1 aromatic carbocycles. The van der Waals surface area contributed by atoms with Gasteiger partial charge in [-0.25, -0.2) is 0 Å². The number of aryl methyl sites for hydroxylation is 2. The van der Waals surface area contributed by atoms with Gasteiger partial charge in [-0.3, -0.25) is 0 Å². The second kappa shape index (κ2) is 3.69. The minimum absolute atomic E-state index is 0.505. The van der Waals surface area contributed by atoms with E-state index in [2.05, 4.69) is 0 Å². The molecule has 0 amide bonds. The second-order valence-electron chi connectivity index (χ2n) is 3.54. The zero-order valence-corrected chi connectivity index (χ0v) is 9.23. The van der Waals surface area contributed by atoms with Crippen molar-refractivity contribution in [2.24, 2.45) is 0 Å². The molecule has 0 fully saturated rings. The van der Waals surface area contributed by atoms with Crippen LogP contribution in [0.4, 0.5) is 3.89 Å². The van der Waals surface area contributed by atoms with Gasteiger partial charge < -0.3 is 0 Å². The summed E-state index contributed by atoms with van der Waals surface area (Å²) < 4.78 is 34.1. The van der Waals surface area contributed by atoms with Crippen molar-refractivity contribution >= 4 is 10.2 Å². The Bertz CT molecular complexity index is 417. The molecule has 0 bridgehead atoms. The maximum Gasteiger partial charge on any atom is 0.309 e. The molecule has 0 radical (unpaired) electrons. The lowest BCUT2D eigenvalue weighted by Crippen LogP contribution is -2.04. The summed E-state index contributed by atoms with van der Waals surface area (Å²) in [6.07, 6.45) is 0. The first-order valence-corrected chi connectivity index (χ1v) is 5.77. The third-order valence-corrected chi connectivity index (χ3v) is 3.25. The summed E-state index contributed by atoms with van der Waals surface area (Å²) in [6, 6.07) is 5.30. The minimum Gasteiger partial charge on any atom is -0.194 e. The summed E-state index contributed by atoms with van der Waals surface area (Å²) in [7, 11) is -4.49. The maximum atomic E-state index is 12.7. The van der Waals surface area contributed by atoms with Gasteiger partial charge >= 0.3 is 10.2 Å². The fourth-order valence-electron chi connectivity index (χ4n) is 1.41. The maximum absolute atomic E-state index is 12.7. The highest BCUT2D eigenvalue weighted by Gasteiger charge is 2.21. The molecule has 0 saturated heterocycles. The van der Waals surface area contributed by atoms with Crippen molar-refractivity contribution in [2.75, 3.05) is 0 Å². The van der Waals surface area contributed by atoms with Crippen LogP contribution < -0.4 is 0 Å². The molecule has 1 aromatic rings. The molecule has 0 aliphatic rings. The molecule has 0 aliphatic heterocycles. The average molecular weight is 216 g/mol. The van der Waals surface area contributed by atoms with Gasteiger partial charge in [0.05, 0.1) is 0 Å². The molecule has 0 spiro atoms. The predicted molar refractivity (Wildman–Crippen MR) is 54.4 cm³/mol. The molecule has 1 atom stereocenters. The van der Waals surface area contributed by atoms with Gasteiger partial charge in [0.15, 0.2) is 0 Å². The Labute approximate surface area is 84.0 Å². The molecule has 14 heavy (non-hydrogen) atoms. The molecule has 0 aromatic heterocycles. The van der Waals surface area contributed by atoms with Crippen molar-refractivity contribution in [3.8, 4) is 0 Å².